The van der Waals surface area contributed by atoms with E-state index in [0.717, 1.165) is 35.5 Å². The average Bonchev–Trinajstić information content (AvgIpc) is 3.48. The van der Waals surface area contributed by atoms with Crippen molar-refractivity contribution in [2.45, 2.75) is 115 Å². The first kappa shape index (κ1) is 17.1. The van der Waals surface area contributed by atoms with Gasteiger partial charge in [0.2, 0.25) is 0 Å². The first-order valence-corrected chi connectivity index (χ1v) is 12.0. The van der Waals surface area contributed by atoms with Crippen LogP contribution in [0.25, 0.3) is 0 Å². The predicted molar refractivity (Wildman–Crippen MR) is 103 cm³/mol. The third-order valence-corrected chi connectivity index (χ3v) is 9.33. The zero-order valence-corrected chi connectivity index (χ0v) is 16.3. The van der Waals surface area contributed by atoms with Crippen molar-refractivity contribution in [2.24, 2.45) is 35.5 Å². The van der Waals surface area contributed by atoms with Crippen molar-refractivity contribution >= 4 is 0 Å². The van der Waals surface area contributed by atoms with Gasteiger partial charge in [-0.05, 0) is 106 Å². The van der Waals surface area contributed by atoms with E-state index in [9.17, 15) is 0 Å². The fourth-order valence-corrected chi connectivity index (χ4v) is 7.64. The Kier molecular flexibility index (Phi) is 5.15. The molecule has 3 atom stereocenters. The highest BCUT2D eigenvalue weighted by Crippen LogP contribution is 2.49. The number of ether oxygens (including phenoxy) is 1. The lowest BCUT2D eigenvalue weighted by molar-refractivity contribution is 0.0962. The van der Waals surface area contributed by atoms with Gasteiger partial charge in [-0.3, -0.25) is 0 Å². The minimum atomic E-state index is 0.687. The van der Waals surface area contributed by atoms with E-state index in [1.165, 1.54) is 38.5 Å². The van der Waals surface area contributed by atoms with Crippen LogP contribution in [0.5, 0.6) is 0 Å². The Morgan fingerprint density at radius 1 is 0.360 bits per heavy atom. The molecule has 4 saturated carbocycles. The smallest absolute Gasteiger partial charge is 0.0844 e. The minimum absolute atomic E-state index is 0.687. The van der Waals surface area contributed by atoms with Gasteiger partial charge in [-0.25, -0.2) is 0 Å². The molecule has 0 bridgehead atoms. The van der Waals surface area contributed by atoms with Crippen molar-refractivity contribution in [2.75, 3.05) is 0 Å². The molecule has 1 heteroatoms. The molecule has 25 heavy (non-hydrogen) atoms. The molecule has 142 valence electrons. The third-order valence-electron chi connectivity index (χ3n) is 9.33. The van der Waals surface area contributed by atoms with Gasteiger partial charge in [0.05, 0.1) is 12.2 Å². The summed E-state index contributed by atoms with van der Waals surface area (Å²) in [5.41, 5.74) is 0. The first-order valence-electron chi connectivity index (χ1n) is 12.0. The molecule has 3 unspecified atom stereocenters. The van der Waals surface area contributed by atoms with Gasteiger partial charge in [0.15, 0.2) is 0 Å². The third kappa shape index (κ3) is 3.83. The van der Waals surface area contributed by atoms with Crippen LogP contribution >= 0.6 is 0 Å². The van der Waals surface area contributed by atoms with Crippen LogP contribution < -0.4 is 0 Å². The summed E-state index contributed by atoms with van der Waals surface area (Å²) >= 11 is 0. The van der Waals surface area contributed by atoms with E-state index in [1.54, 1.807) is 64.2 Å². The molecule has 0 aromatic heterocycles. The van der Waals surface area contributed by atoms with Crippen molar-refractivity contribution < 1.29 is 4.74 Å². The molecular formula is C24H40O. The van der Waals surface area contributed by atoms with Gasteiger partial charge in [0, 0.05) is 0 Å². The second-order valence-corrected chi connectivity index (χ2v) is 10.5. The molecule has 5 aliphatic rings. The van der Waals surface area contributed by atoms with E-state index in [-0.39, 0.29) is 0 Å². The molecule has 0 spiro atoms. The van der Waals surface area contributed by atoms with Crippen LogP contribution in [0.1, 0.15) is 103 Å². The number of hydrogen-bond acceptors (Lipinski definition) is 1. The highest BCUT2D eigenvalue weighted by Gasteiger charge is 2.46. The number of rotatable bonds is 3. The minimum Gasteiger partial charge on any atom is -0.370 e. The Bertz CT molecular complexity index is 423. The molecular weight excluding hydrogens is 304 g/mol. The van der Waals surface area contributed by atoms with Gasteiger partial charge in [-0.1, -0.05) is 32.1 Å². The SMILES string of the molecule is C1CCC(C2CCC(C3CCC(C4CCC5OC5C4)CC3)CC2)CC1. The monoisotopic (exact) mass is 344 g/mol. The Morgan fingerprint density at radius 3 is 1.32 bits per heavy atom. The molecule has 0 radical (unpaired) electrons. The number of epoxide rings is 1. The maximum absolute atomic E-state index is 5.78. The predicted octanol–water partition coefficient (Wildman–Crippen LogP) is 6.75. The molecule has 1 saturated heterocycles. The summed E-state index contributed by atoms with van der Waals surface area (Å²) in [5, 5.41) is 0. The van der Waals surface area contributed by atoms with E-state index in [4.69, 9.17) is 4.74 Å². The Labute approximate surface area is 155 Å². The summed E-state index contributed by atoms with van der Waals surface area (Å²) in [6.45, 7) is 0. The van der Waals surface area contributed by atoms with E-state index < -0.39 is 0 Å². The Balaban J connectivity index is 1.06. The van der Waals surface area contributed by atoms with Crippen molar-refractivity contribution in [1.82, 2.24) is 0 Å². The van der Waals surface area contributed by atoms with Gasteiger partial charge in [0.25, 0.3) is 0 Å². The molecule has 0 aromatic rings. The lowest BCUT2D eigenvalue weighted by Crippen LogP contribution is -2.31. The number of fused-ring (bicyclic) bond motifs is 1. The largest absolute Gasteiger partial charge is 0.370 e. The van der Waals surface area contributed by atoms with Gasteiger partial charge >= 0.3 is 0 Å². The summed E-state index contributed by atoms with van der Waals surface area (Å²) in [6, 6.07) is 0. The van der Waals surface area contributed by atoms with Crippen molar-refractivity contribution in [3.05, 3.63) is 0 Å². The zero-order chi connectivity index (χ0) is 16.6. The Hall–Kier alpha value is -0.0400. The van der Waals surface area contributed by atoms with Crippen LogP contribution in [0.2, 0.25) is 0 Å². The van der Waals surface area contributed by atoms with Crippen molar-refractivity contribution in [1.29, 1.82) is 0 Å². The maximum Gasteiger partial charge on any atom is 0.0844 e. The molecule has 1 nitrogen and oxygen atoms in total. The molecule has 0 aromatic carbocycles. The van der Waals surface area contributed by atoms with Crippen LogP contribution in [0.15, 0.2) is 0 Å². The molecule has 0 amide bonds. The van der Waals surface area contributed by atoms with E-state index >= 15 is 0 Å². The second kappa shape index (κ2) is 7.53. The Morgan fingerprint density at radius 2 is 0.800 bits per heavy atom. The average molecular weight is 345 g/mol. The van der Waals surface area contributed by atoms with Crippen molar-refractivity contribution in [3.63, 3.8) is 0 Å². The summed E-state index contributed by atoms with van der Waals surface area (Å²) in [4.78, 5) is 0. The summed E-state index contributed by atoms with van der Waals surface area (Å²) in [5.74, 6) is 6.50. The lowest BCUT2D eigenvalue weighted by atomic mass is 9.64. The van der Waals surface area contributed by atoms with Gasteiger partial charge < -0.3 is 4.74 Å². The summed E-state index contributed by atoms with van der Waals surface area (Å²) in [7, 11) is 0. The van der Waals surface area contributed by atoms with Crippen LogP contribution in [-0.4, -0.2) is 12.2 Å². The van der Waals surface area contributed by atoms with Crippen LogP contribution in [-0.2, 0) is 4.74 Å². The summed E-state index contributed by atoms with van der Waals surface area (Å²) < 4.78 is 5.78. The highest BCUT2D eigenvalue weighted by atomic mass is 16.6. The molecule has 5 fully saturated rings. The normalized spacial score (nSPS) is 48.7. The maximum atomic E-state index is 5.78. The molecule has 0 N–H and O–H groups in total. The van der Waals surface area contributed by atoms with Gasteiger partial charge in [-0.2, -0.15) is 0 Å². The lowest BCUT2D eigenvalue weighted by Gasteiger charge is -2.42. The van der Waals surface area contributed by atoms with Gasteiger partial charge in [0.1, 0.15) is 0 Å². The molecule has 4 aliphatic carbocycles. The van der Waals surface area contributed by atoms with Crippen LogP contribution in [0, 0.1) is 35.5 Å². The van der Waals surface area contributed by atoms with E-state index in [0.29, 0.717) is 12.2 Å². The quantitative estimate of drug-likeness (QED) is 0.516. The zero-order valence-electron chi connectivity index (χ0n) is 16.3. The number of hydrogen-bond donors (Lipinski definition) is 0. The topological polar surface area (TPSA) is 12.5 Å². The van der Waals surface area contributed by atoms with Crippen LogP contribution in [0.4, 0.5) is 0 Å². The highest BCUT2D eigenvalue weighted by molar-refractivity contribution is 4.95. The molecule has 1 aliphatic heterocycles. The fourth-order valence-electron chi connectivity index (χ4n) is 7.64. The van der Waals surface area contributed by atoms with Crippen molar-refractivity contribution in [3.8, 4) is 0 Å². The van der Waals surface area contributed by atoms with Crippen LogP contribution in [0.3, 0.4) is 0 Å². The first-order chi connectivity index (χ1) is 12.4. The van der Waals surface area contributed by atoms with E-state index in [2.05, 4.69) is 0 Å². The summed E-state index contributed by atoms with van der Waals surface area (Å²) in [6.07, 6.45) is 25.9. The standard InChI is InChI=1S/C24H40O/c1-2-4-17(5-3-1)18-6-8-19(9-7-18)20-10-12-21(13-11-20)22-14-15-23-24(16-22)25-23/h17-24H,1-16H2. The molecule has 1 heterocycles. The second-order valence-electron chi connectivity index (χ2n) is 10.5. The molecule has 5 rings (SSSR count). The van der Waals surface area contributed by atoms with E-state index in [1.807, 2.05) is 0 Å². The fraction of sp³-hybridized carbons (Fsp3) is 1.00. The van der Waals surface area contributed by atoms with Gasteiger partial charge in [-0.15, -0.1) is 0 Å².